The third kappa shape index (κ3) is 3.06. The smallest absolute Gasteiger partial charge is 0.0744 e. The lowest BCUT2D eigenvalue weighted by atomic mass is 10.0. The molecule has 1 aliphatic rings. The number of hydrogen-bond acceptors (Lipinski definition) is 2. The summed E-state index contributed by atoms with van der Waals surface area (Å²) in [6.07, 6.45) is 1.63. The quantitative estimate of drug-likeness (QED) is 0.901. The van der Waals surface area contributed by atoms with Crippen molar-refractivity contribution in [1.82, 2.24) is 5.32 Å². The van der Waals surface area contributed by atoms with Crippen molar-refractivity contribution in [3.05, 3.63) is 33.8 Å². The van der Waals surface area contributed by atoms with Gasteiger partial charge in [-0.05, 0) is 37.1 Å². The molecule has 1 fully saturated rings. The molecule has 2 nitrogen and oxygen atoms in total. The molecule has 0 amide bonds. The van der Waals surface area contributed by atoms with E-state index in [9.17, 15) is 0 Å². The molecule has 1 aliphatic heterocycles. The zero-order valence-corrected chi connectivity index (χ0v) is 11.4. The summed E-state index contributed by atoms with van der Waals surface area (Å²) in [5.74, 6) is 0. The summed E-state index contributed by atoms with van der Waals surface area (Å²) in [6.45, 7) is 6.20. The SMILES string of the molecule is Cc1cc(Br)ccc1CC1CNCC(C)O1. The summed E-state index contributed by atoms with van der Waals surface area (Å²) in [5.41, 5.74) is 2.71. The van der Waals surface area contributed by atoms with E-state index in [-0.39, 0.29) is 0 Å². The number of nitrogens with one attached hydrogen (secondary N) is 1. The number of hydrogen-bond donors (Lipinski definition) is 1. The molecule has 3 heteroatoms. The molecule has 0 radical (unpaired) electrons. The molecule has 2 atom stereocenters. The zero-order chi connectivity index (χ0) is 11.5. The van der Waals surface area contributed by atoms with Crippen LogP contribution in [0.5, 0.6) is 0 Å². The topological polar surface area (TPSA) is 21.3 Å². The predicted octanol–water partition coefficient (Wildman–Crippen LogP) is 2.68. The van der Waals surface area contributed by atoms with E-state index in [1.54, 1.807) is 0 Å². The van der Waals surface area contributed by atoms with E-state index in [1.165, 1.54) is 11.1 Å². The van der Waals surface area contributed by atoms with Gasteiger partial charge in [0.15, 0.2) is 0 Å². The average Bonchev–Trinajstić information content (AvgIpc) is 2.22. The highest BCUT2D eigenvalue weighted by molar-refractivity contribution is 9.10. The number of aryl methyl sites for hydroxylation is 1. The molecule has 2 unspecified atom stereocenters. The number of halogens is 1. The van der Waals surface area contributed by atoms with E-state index in [1.807, 2.05) is 0 Å². The second-order valence-corrected chi connectivity index (χ2v) is 5.42. The minimum absolute atomic E-state index is 0.309. The van der Waals surface area contributed by atoms with Crippen LogP contribution in [0.2, 0.25) is 0 Å². The fourth-order valence-corrected chi connectivity index (χ4v) is 2.60. The van der Waals surface area contributed by atoms with Gasteiger partial charge in [0.25, 0.3) is 0 Å². The zero-order valence-electron chi connectivity index (χ0n) is 9.79. The van der Waals surface area contributed by atoms with Crippen molar-refractivity contribution in [3.8, 4) is 0 Å². The van der Waals surface area contributed by atoms with Crippen LogP contribution in [-0.2, 0) is 11.2 Å². The molecule has 0 saturated carbocycles. The van der Waals surface area contributed by atoms with E-state index in [4.69, 9.17) is 4.74 Å². The maximum atomic E-state index is 5.90. The monoisotopic (exact) mass is 283 g/mol. The van der Waals surface area contributed by atoms with Crippen LogP contribution in [0.1, 0.15) is 18.1 Å². The summed E-state index contributed by atoms with van der Waals surface area (Å²) in [7, 11) is 0. The van der Waals surface area contributed by atoms with Crippen molar-refractivity contribution in [2.24, 2.45) is 0 Å². The Morgan fingerprint density at radius 1 is 1.44 bits per heavy atom. The molecular formula is C13H18BrNO. The highest BCUT2D eigenvalue weighted by Crippen LogP contribution is 2.18. The summed E-state index contributed by atoms with van der Waals surface area (Å²) >= 11 is 3.49. The van der Waals surface area contributed by atoms with Crippen LogP contribution in [-0.4, -0.2) is 25.3 Å². The molecule has 1 heterocycles. The van der Waals surface area contributed by atoms with Gasteiger partial charge in [0.05, 0.1) is 12.2 Å². The maximum absolute atomic E-state index is 5.90. The predicted molar refractivity (Wildman–Crippen MR) is 69.8 cm³/mol. The van der Waals surface area contributed by atoms with Crippen molar-refractivity contribution in [2.75, 3.05) is 13.1 Å². The molecule has 1 aromatic carbocycles. The lowest BCUT2D eigenvalue weighted by Crippen LogP contribution is -2.44. The first-order chi connectivity index (χ1) is 7.65. The summed E-state index contributed by atoms with van der Waals surface area (Å²) < 4.78 is 7.04. The third-order valence-corrected chi connectivity index (χ3v) is 3.47. The fourth-order valence-electron chi connectivity index (χ4n) is 2.13. The molecule has 1 aromatic rings. The lowest BCUT2D eigenvalue weighted by Gasteiger charge is -2.29. The van der Waals surface area contributed by atoms with Crippen LogP contribution in [0.25, 0.3) is 0 Å². The number of benzene rings is 1. The molecule has 2 rings (SSSR count). The van der Waals surface area contributed by atoms with Crippen LogP contribution in [0.3, 0.4) is 0 Å². The normalized spacial score (nSPS) is 25.7. The summed E-state index contributed by atoms with van der Waals surface area (Å²) in [6, 6.07) is 6.44. The Kier molecular flexibility index (Phi) is 4.00. The van der Waals surface area contributed by atoms with Crippen LogP contribution in [0.15, 0.2) is 22.7 Å². The van der Waals surface area contributed by atoms with Gasteiger partial charge in [0.2, 0.25) is 0 Å². The summed E-state index contributed by atoms with van der Waals surface area (Å²) in [5, 5.41) is 3.40. The Bertz CT molecular complexity index is 367. The van der Waals surface area contributed by atoms with E-state index >= 15 is 0 Å². The first-order valence-corrected chi connectivity index (χ1v) is 6.55. The second-order valence-electron chi connectivity index (χ2n) is 4.50. The molecule has 0 aromatic heterocycles. The molecule has 16 heavy (non-hydrogen) atoms. The number of rotatable bonds is 2. The van der Waals surface area contributed by atoms with Gasteiger partial charge < -0.3 is 10.1 Å². The van der Waals surface area contributed by atoms with Crippen LogP contribution >= 0.6 is 15.9 Å². The largest absolute Gasteiger partial charge is 0.372 e. The fraction of sp³-hybridized carbons (Fsp3) is 0.538. The van der Waals surface area contributed by atoms with Gasteiger partial charge in [-0.3, -0.25) is 0 Å². The molecule has 0 aliphatic carbocycles. The molecule has 1 N–H and O–H groups in total. The van der Waals surface area contributed by atoms with Crippen LogP contribution in [0, 0.1) is 6.92 Å². The summed E-state index contributed by atoms with van der Waals surface area (Å²) in [4.78, 5) is 0. The van der Waals surface area contributed by atoms with Crippen molar-refractivity contribution in [1.29, 1.82) is 0 Å². The molecular weight excluding hydrogens is 266 g/mol. The van der Waals surface area contributed by atoms with Crippen LogP contribution < -0.4 is 5.32 Å². The standard InChI is InChI=1S/C13H18BrNO/c1-9-5-12(14)4-3-11(9)6-13-8-15-7-10(2)16-13/h3-5,10,13,15H,6-8H2,1-2H3. The first kappa shape index (κ1) is 12.1. The molecule has 88 valence electrons. The van der Waals surface area contributed by atoms with Crippen LogP contribution in [0.4, 0.5) is 0 Å². The van der Waals surface area contributed by atoms with Gasteiger partial charge >= 0.3 is 0 Å². The average molecular weight is 284 g/mol. The van der Waals surface area contributed by atoms with E-state index < -0.39 is 0 Å². The van der Waals surface area contributed by atoms with Gasteiger partial charge in [-0.2, -0.15) is 0 Å². The Morgan fingerprint density at radius 3 is 2.94 bits per heavy atom. The Labute approximate surface area is 106 Å². The Morgan fingerprint density at radius 2 is 2.25 bits per heavy atom. The molecule has 0 spiro atoms. The van der Waals surface area contributed by atoms with E-state index in [0.717, 1.165) is 24.0 Å². The lowest BCUT2D eigenvalue weighted by molar-refractivity contribution is -0.0263. The number of morpholine rings is 1. The highest BCUT2D eigenvalue weighted by Gasteiger charge is 2.19. The minimum Gasteiger partial charge on any atom is -0.372 e. The second kappa shape index (κ2) is 5.30. The van der Waals surface area contributed by atoms with Gasteiger partial charge in [-0.1, -0.05) is 22.0 Å². The Balaban J connectivity index is 2.02. The minimum atomic E-state index is 0.309. The highest BCUT2D eigenvalue weighted by atomic mass is 79.9. The van der Waals surface area contributed by atoms with Gasteiger partial charge in [-0.25, -0.2) is 0 Å². The van der Waals surface area contributed by atoms with Gasteiger partial charge in [0.1, 0.15) is 0 Å². The molecule has 0 bridgehead atoms. The van der Waals surface area contributed by atoms with Crippen molar-refractivity contribution in [3.63, 3.8) is 0 Å². The van der Waals surface area contributed by atoms with E-state index in [0.29, 0.717) is 12.2 Å². The van der Waals surface area contributed by atoms with Crippen molar-refractivity contribution >= 4 is 15.9 Å². The van der Waals surface area contributed by atoms with Crippen molar-refractivity contribution < 1.29 is 4.74 Å². The first-order valence-electron chi connectivity index (χ1n) is 5.76. The van der Waals surface area contributed by atoms with E-state index in [2.05, 4.69) is 53.3 Å². The Hall–Kier alpha value is -0.380. The van der Waals surface area contributed by atoms with Crippen molar-refractivity contribution in [2.45, 2.75) is 32.5 Å². The number of ether oxygens (including phenoxy) is 1. The molecule has 1 saturated heterocycles. The third-order valence-electron chi connectivity index (χ3n) is 2.98. The maximum Gasteiger partial charge on any atom is 0.0744 e. The van der Waals surface area contributed by atoms with Gasteiger partial charge in [-0.15, -0.1) is 0 Å². The van der Waals surface area contributed by atoms with Gasteiger partial charge in [0, 0.05) is 24.0 Å².